The fraction of sp³-hybridized carbons (Fsp3) is 0.980. The van der Waals surface area contributed by atoms with E-state index in [2.05, 4.69) is 23.3 Å². The molecule has 1 aliphatic rings. The molecule has 0 saturated carbocycles. The van der Waals surface area contributed by atoms with Gasteiger partial charge in [-0.15, -0.1) is 0 Å². The number of carbonyl (C=O) groups excluding carboxylic acids is 1. The smallest absolute Gasteiger partial charge is 0.394 e. The van der Waals surface area contributed by atoms with Crippen molar-refractivity contribution in [3.05, 3.63) is 0 Å². The zero-order chi connectivity index (χ0) is 47.8. The first kappa shape index (κ1) is 62.1. The lowest BCUT2D eigenvalue weighted by Crippen LogP contribution is -2.61. The number of carbonyl (C=O) groups is 1. The average Bonchev–Trinajstić information content (AvgIpc) is 3.28. The Labute approximate surface area is 397 Å². The number of unbranched alkanes of at least 4 members (excludes halogenated alkanes) is 34. The first-order chi connectivity index (χ1) is 31.4. The number of rotatable bonds is 47. The van der Waals surface area contributed by atoms with E-state index >= 15 is 0 Å². The quantitative estimate of drug-likeness (QED) is 0.0224. The van der Waals surface area contributed by atoms with Crippen LogP contribution in [0.3, 0.4) is 0 Å². The maximum Gasteiger partial charge on any atom is 0.397 e. The maximum absolute atomic E-state index is 13.0. The van der Waals surface area contributed by atoms with E-state index in [9.17, 15) is 38.7 Å². The van der Waals surface area contributed by atoms with Gasteiger partial charge in [-0.3, -0.25) is 9.35 Å². The zero-order valence-corrected chi connectivity index (χ0v) is 42.3. The molecule has 1 aliphatic heterocycles. The number of aliphatic hydroxyl groups excluding tert-OH is 5. The highest BCUT2D eigenvalue weighted by molar-refractivity contribution is 7.80. The van der Waals surface area contributed by atoms with Crippen molar-refractivity contribution in [2.45, 2.75) is 307 Å². The summed E-state index contributed by atoms with van der Waals surface area (Å²) in [6.07, 6.45) is 35.8. The van der Waals surface area contributed by atoms with E-state index in [1.54, 1.807) is 0 Å². The lowest BCUT2D eigenvalue weighted by Gasteiger charge is -2.41. The minimum Gasteiger partial charge on any atom is -0.394 e. The van der Waals surface area contributed by atoms with Gasteiger partial charge in [0.2, 0.25) is 5.91 Å². The molecule has 0 aliphatic carbocycles. The second-order valence-corrected chi connectivity index (χ2v) is 20.4. The summed E-state index contributed by atoms with van der Waals surface area (Å²) in [5, 5.41) is 54.9. The molecule has 1 saturated heterocycles. The summed E-state index contributed by atoms with van der Waals surface area (Å²) >= 11 is 0. The van der Waals surface area contributed by atoms with Gasteiger partial charge in [0.25, 0.3) is 0 Å². The van der Waals surface area contributed by atoms with Gasteiger partial charge < -0.3 is 40.3 Å². The van der Waals surface area contributed by atoms with Crippen LogP contribution in [-0.4, -0.2) is 107 Å². The molecule has 0 radical (unpaired) electrons. The molecule has 14 heteroatoms. The molecule has 0 aromatic rings. The molecule has 13 nitrogen and oxygen atoms in total. The number of amides is 1. The fourth-order valence-corrected chi connectivity index (χ4v) is 9.51. The lowest BCUT2D eigenvalue weighted by atomic mass is 9.99. The van der Waals surface area contributed by atoms with Crippen molar-refractivity contribution in [2.75, 3.05) is 13.2 Å². The third kappa shape index (κ3) is 34.1. The molecule has 7 N–H and O–H groups in total. The summed E-state index contributed by atoms with van der Waals surface area (Å²) in [7, 11) is -5.10. The van der Waals surface area contributed by atoms with Gasteiger partial charge >= 0.3 is 10.4 Å². The van der Waals surface area contributed by atoms with E-state index in [0.717, 1.165) is 38.5 Å². The van der Waals surface area contributed by atoms with E-state index < -0.39 is 78.5 Å². The minimum atomic E-state index is -5.10. The van der Waals surface area contributed by atoms with Gasteiger partial charge in [-0.2, -0.15) is 8.42 Å². The Hall–Kier alpha value is -0.940. The average molecular weight is 952 g/mol. The van der Waals surface area contributed by atoms with Gasteiger partial charge in [-0.05, 0) is 12.8 Å². The van der Waals surface area contributed by atoms with Crippen molar-refractivity contribution in [3.8, 4) is 0 Å². The van der Waals surface area contributed by atoms with Crippen molar-refractivity contribution < 1.29 is 57.0 Å². The lowest BCUT2D eigenvalue weighted by molar-refractivity contribution is -0.298. The summed E-state index contributed by atoms with van der Waals surface area (Å²) in [6, 6.07) is -1.02. The van der Waals surface area contributed by atoms with Crippen LogP contribution < -0.4 is 5.32 Å². The highest BCUT2D eigenvalue weighted by Gasteiger charge is 2.48. The van der Waals surface area contributed by atoms with Gasteiger partial charge in [-0.1, -0.05) is 245 Å². The first-order valence-electron chi connectivity index (χ1n) is 27.0. The third-order valence-electron chi connectivity index (χ3n) is 13.3. The molecule has 1 fully saturated rings. The Morgan fingerprint density at radius 2 is 0.892 bits per heavy atom. The number of hydrogen-bond acceptors (Lipinski definition) is 11. The summed E-state index contributed by atoms with van der Waals surface area (Å²) in [6.45, 7) is 3.15. The number of aliphatic hydroxyl groups is 5. The number of nitrogens with one attached hydrogen (secondary N) is 1. The van der Waals surface area contributed by atoms with Gasteiger partial charge in [0.15, 0.2) is 6.29 Å². The monoisotopic (exact) mass is 952 g/mol. The van der Waals surface area contributed by atoms with Crippen molar-refractivity contribution >= 4 is 16.3 Å². The van der Waals surface area contributed by atoms with Crippen LogP contribution in [0.5, 0.6) is 0 Å². The predicted molar refractivity (Wildman–Crippen MR) is 261 cm³/mol. The number of hydrogen-bond donors (Lipinski definition) is 7. The van der Waals surface area contributed by atoms with Crippen molar-refractivity contribution in [3.63, 3.8) is 0 Å². The second-order valence-electron chi connectivity index (χ2n) is 19.3. The summed E-state index contributed by atoms with van der Waals surface area (Å²) in [5.74, 6) is -0.673. The van der Waals surface area contributed by atoms with E-state index in [4.69, 9.17) is 14.0 Å². The largest absolute Gasteiger partial charge is 0.397 e. The molecular weight excluding hydrogens is 851 g/mol. The summed E-state index contributed by atoms with van der Waals surface area (Å²) < 4.78 is 47.3. The predicted octanol–water partition coefficient (Wildman–Crippen LogP) is 10.7. The standard InChI is InChI=1S/C51H101NO12S/c1-3-5-7-9-10-11-12-13-14-15-16-17-18-19-20-21-22-23-24-25-26-27-28-29-30-31-32-33-34-35-36-38-40-45(55)50(58)52-43(44(54)39-37-8-6-4-2)42-62-51-48(57)49(64-65(59,60)61)47(56)46(41-53)63-51/h43-49,51,53-57H,3-42H2,1-2H3,(H,52,58)(H,59,60,61). The molecule has 65 heavy (non-hydrogen) atoms. The molecule has 1 rings (SSSR count). The third-order valence-corrected chi connectivity index (χ3v) is 13.7. The van der Waals surface area contributed by atoms with Gasteiger partial charge in [0.05, 0.1) is 25.4 Å². The molecule has 1 amide bonds. The van der Waals surface area contributed by atoms with Gasteiger partial charge in [-0.25, -0.2) is 4.18 Å². The molecular formula is C51H101NO12S. The van der Waals surface area contributed by atoms with Crippen LogP contribution in [0.25, 0.3) is 0 Å². The summed E-state index contributed by atoms with van der Waals surface area (Å²) in [4.78, 5) is 13.0. The van der Waals surface area contributed by atoms with E-state index in [-0.39, 0.29) is 6.42 Å². The Balaban J connectivity index is 2.09. The van der Waals surface area contributed by atoms with Crippen LogP contribution in [0, 0.1) is 0 Å². The number of ether oxygens (including phenoxy) is 2. The van der Waals surface area contributed by atoms with Crippen LogP contribution in [0.4, 0.5) is 0 Å². The van der Waals surface area contributed by atoms with Gasteiger partial charge in [0, 0.05) is 0 Å². The Bertz CT molecular complexity index is 1180. The van der Waals surface area contributed by atoms with Crippen molar-refractivity contribution in [1.82, 2.24) is 5.32 Å². The van der Waals surface area contributed by atoms with Crippen molar-refractivity contribution in [2.24, 2.45) is 0 Å². The van der Waals surface area contributed by atoms with Crippen LogP contribution in [0.2, 0.25) is 0 Å². The molecule has 8 unspecified atom stereocenters. The molecule has 388 valence electrons. The normalized spacial score (nSPS) is 20.5. The summed E-state index contributed by atoms with van der Waals surface area (Å²) in [5.41, 5.74) is 0. The van der Waals surface area contributed by atoms with Crippen LogP contribution in [-0.2, 0) is 28.9 Å². The maximum atomic E-state index is 13.0. The topological polar surface area (TPSA) is 212 Å². The highest BCUT2D eigenvalue weighted by atomic mass is 32.3. The Kier molecular flexibility index (Phi) is 40.1. The Morgan fingerprint density at radius 3 is 1.25 bits per heavy atom. The molecule has 0 aromatic carbocycles. The molecule has 0 spiro atoms. The minimum absolute atomic E-state index is 0.265. The Morgan fingerprint density at radius 1 is 0.554 bits per heavy atom. The van der Waals surface area contributed by atoms with Crippen LogP contribution >= 0.6 is 0 Å². The molecule has 8 atom stereocenters. The van der Waals surface area contributed by atoms with E-state index in [1.165, 1.54) is 180 Å². The van der Waals surface area contributed by atoms with E-state index in [0.29, 0.717) is 19.3 Å². The van der Waals surface area contributed by atoms with Crippen LogP contribution in [0.15, 0.2) is 0 Å². The fourth-order valence-electron chi connectivity index (χ4n) is 9.00. The molecule has 0 bridgehead atoms. The molecule has 1 heterocycles. The van der Waals surface area contributed by atoms with E-state index in [1.807, 2.05) is 0 Å². The zero-order valence-electron chi connectivity index (χ0n) is 41.4. The van der Waals surface area contributed by atoms with Crippen molar-refractivity contribution in [1.29, 1.82) is 0 Å². The van der Waals surface area contributed by atoms with Gasteiger partial charge in [0.1, 0.15) is 30.5 Å². The SMILES string of the molecule is CCCCCCCCCCCCCCCCCCCCCCCCCCCCCCCCCCC(O)C(=O)NC(COC1OC(CO)C(O)C(OS(=O)(=O)O)C1O)C(O)CCCCCC. The second kappa shape index (κ2) is 42.0. The first-order valence-corrected chi connectivity index (χ1v) is 28.4. The highest BCUT2D eigenvalue weighted by Crippen LogP contribution is 2.26. The van der Waals surface area contributed by atoms with Crippen LogP contribution in [0.1, 0.15) is 258 Å². The molecule has 0 aromatic heterocycles.